The number of halogens is 1. The van der Waals surface area contributed by atoms with Crippen molar-refractivity contribution in [2.75, 3.05) is 13.0 Å². The molecule has 0 atom stereocenters. The molecule has 5 nitrogen and oxygen atoms in total. The maximum atomic E-state index is 13.4. The number of nitrogens with two attached hydrogens (primary N) is 1. The number of aromatic nitrogens is 3. The van der Waals surface area contributed by atoms with E-state index in [0.29, 0.717) is 22.3 Å². The molecule has 1 aromatic heterocycles. The van der Waals surface area contributed by atoms with Gasteiger partial charge in [0.25, 0.3) is 0 Å². The fraction of sp³-hybridized carbons (Fsp3) is 0.176. The Kier molecular flexibility index (Phi) is 4.71. The Hall–Kier alpha value is -2.54. The van der Waals surface area contributed by atoms with Gasteiger partial charge in [0.1, 0.15) is 11.6 Å². The minimum absolute atomic E-state index is 0.339. The lowest BCUT2D eigenvalue weighted by atomic mass is 10.1. The molecule has 0 aliphatic heterocycles. The summed E-state index contributed by atoms with van der Waals surface area (Å²) in [5.41, 5.74) is 2.80. The molecule has 1 heterocycles. The summed E-state index contributed by atoms with van der Waals surface area (Å²) in [6, 6.07) is 12.1. The Morgan fingerprint density at radius 3 is 2.79 bits per heavy atom. The molecular formula is C17H17FN4OS. The van der Waals surface area contributed by atoms with Crippen molar-refractivity contribution in [2.24, 2.45) is 0 Å². The molecule has 0 saturated carbocycles. The zero-order valence-electron chi connectivity index (χ0n) is 13.4. The summed E-state index contributed by atoms with van der Waals surface area (Å²) >= 11 is 1.45. The van der Waals surface area contributed by atoms with Crippen molar-refractivity contribution >= 4 is 11.8 Å². The number of nitrogen functional groups attached to an aromatic ring is 1. The molecule has 0 fully saturated rings. The molecule has 0 radical (unpaired) electrons. The van der Waals surface area contributed by atoms with E-state index in [4.69, 9.17) is 10.6 Å². The van der Waals surface area contributed by atoms with Gasteiger partial charge in [-0.3, -0.25) is 0 Å². The monoisotopic (exact) mass is 344 g/mol. The van der Waals surface area contributed by atoms with Crippen LogP contribution in [0, 0.1) is 12.7 Å². The second-order valence-electron chi connectivity index (χ2n) is 5.29. The fourth-order valence-corrected chi connectivity index (χ4v) is 3.20. The van der Waals surface area contributed by atoms with Gasteiger partial charge in [0.05, 0.1) is 7.11 Å². The number of rotatable bonds is 5. The van der Waals surface area contributed by atoms with Crippen molar-refractivity contribution in [1.82, 2.24) is 14.9 Å². The summed E-state index contributed by atoms with van der Waals surface area (Å²) in [5.74, 6) is 7.62. The van der Waals surface area contributed by atoms with Gasteiger partial charge in [-0.2, -0.15) is 0 Å². The van der Waals surface area contributed by atoms with Crippen LogP contribution in [0.25, 0.3) is 11.4 Å². The first-order valence-corrected chi connectivity index (χ1v) is 8.30. The number of methoxy groups -OCH3 is 1. The van der Waals surface area contributed by atoms with Crippen molar-refractivity contribution in [1.29, 1.82) is 0 Å². The van der Waals surface area contributed by atoms with E-state index < -0.39 is 0 Å². The van der Waals surface area contributed by atoms with Gasteiger partial charge in [0.15, 0.2) is 5.82 Å². The molecule has 7 heteroatoms. The summed E-state index contributed by atoms with van der Waals surface area (Å²) < 4.78 is 20.1. The van der Waals surface area contributed by atoms with Crippen LogP contribution in [0.3, 0.4) is 0 Å². The number of hydrogen-bond donors (Lipinski definition) is 1. The summed E-state index contributed by atoms with van der Waals surface area (Å²) in [4.78, 5) is 0. The van der Waals surface area contributed by atoms with Crippen molar-refractivity contribution in [3.63, 3.8) is 0 Å². The molecule has 2 aromatic carbocycles. The van der Waals surface area contributed by atoms with Crippen molar-refractivity contribution < 1.29 is 9.13 Å². The predicted molar refractivity (Wildman–Crippen MR) is 92.9 cm³/mol. The number of hydrogen-bond acceptors (Lipinski definition) is 5. The Morgan fingerprint density at radius 2 is 2.04 bits per heavy atom. The van der Waals surface area contributed by atoms with Gasteiger partial charge in [0.2, 0.25) is 5.16 Å². The maximum Gasteiger partial charge on any atom is 0.210 e. The second kappa shape index (κ2) is 6.92. The number of benzene rings is 2. The van der Waals surface area contributed by atoms with E-state index in [1.165, 1.54) is 28.6 Å². The number of ether oxygens (including phenoxy) is 1. The first-order chi connectivity index (χ1) is 11.6. The molecule has 0 aliphatic rings. The molecular weight excluding hydrogens is 327 g/mol. The normalized spacial score (nSPS) is 10.8. The largest absolute Gasteiger partial charge is 0.496 e. The minimum Gasteiger partial charge on any atom is -0.496 e. The van der Waals surface area contributed by atoms with Crippen LogP contribution in [-0.2, 0) is 5.75 Å². The highest BCUT2D eigenvalue weighted by molar-refractivity contribution is 7.98. The molecule has 3 aromatic rings. The highest BCUT2D eigenvalue weighted by atomic mass is 32.2. The number of nitrogens with zero attached hydrogens (tertiary/aromatic N) is 3. The van der Waals surface area contributed by atoms with Crippen LogP contribution in [0.15, 0.2) is 47.6 Å². The lowest BCUT2D eigenvalue weighted by Crippen LogP contribution is -2.11. The topological polar surface area (TPSA) is 66.0 Å². The summed E-state index contributed by atoms with van der Waals surface area (Å²) in [6.07, 6.45) is 0. The summed E-state index contributed by atoms with van der Waals surface area (Å²) in [7, 11) is 1.65. The molecule has 0 spiro atoms. The second-order valence-corrected chi connectivity index (χ2v) is 6.23. The zero-order valence-corrected chi connectivity index (χ0v) is 14.2. The van der Waals surface area contributed by atoms with Gasteiger partial charge >= 0.3 is 0 Å². The standard InChI is InChI=1S/C17H17FN4OS/c1-11-6-7-15(23-2)13(8-11)10-24-17-21-20-16(22(17)19)12-4-3-5-14(18)9-12/h3-9H,10,19H2,1-2H3. The molecule has 0 saturated heterocycles. The van der Waals surface area contributed by atoms with Crippen LogP contribution in [0.1, 0.15) is 11.1 Å². The van der Waals surface area contributed by atoms with Gasteiger partial charge in [0, 0.05) is 16.9 Å². The molecule has 3 rings (SSSR count). The van der Waals surface area contributed by atoms with Gasteiger partial charge in [-0.15, -0.1) is 10.2 Å². The predicted octanol–water partition coefficient (Wildman–Crippen LogP) is 3.41. The third-order valence-corrected chi connectivity index (χ3v) is 4.53. The zero-order chi connectivity index (χ0) is 17.1. The molecule has 0 amide bonds. The van der Waals surface area contributed by atoms with E-state index in [9.17, 15) is 4.39 Å². The molecule has 0 bridgehead atoms. The van der Waals surface area contributed by atoms with Crippen LogP contribution in [0.4, 0.5) is 4.39 Å². The Bertz CT molecular complexity index is 866. The first kappa shape index (κ1) is 16.3. The van der Waals surface area contributed by atoms with Gasteiger partial charge in [-0.25, -0.2) is 9.07 Å². The maximum absolute atomic E-state index is 13.4. The lowest BCUT2D eigenvalue weighted by molar-refractivity contribution is 0.411. The SMILES string of the molecule is COc1ccc(C)cc1CSc1nnc(-c2cccc(F)c2)n1N. The van der Waals surface area contributed by atoms with Gasteiger partial charge in [-0.05, 0) is 25.1 Å². The first-order valence-electron chi connectivity index (χ1n) is 7.31. The van der Waals surface area contributed by atoms with Gasteiger partial charge in [-0.1, -0.05) is 41.6 Å². The minimum atomic E-state index is -0.339. The third kappa shape index (κ3) is 3.35. The highest BCUT2D eigenvalue weighted by Crippen LogP contribution is 2.29. The summed E-state index contributed by atoms with van der Waals surface area (Å²) in [6.45, 7) is 2.03. The Morgan fingerprint density at radius 1 is 1.21 bits per heavy atom. The van der Waals surface area contributed by atoms with E-state index in [2.05, 4.69) is 16.3 Å². The highest BCUT2D eigenvalue weighted by Gasteiger charge is 2.14. The molecule has 124 valence electrons. The quantitative estimate of drug-likeness (QED) is 0.567. The smallest absolute Gasteiger partial charge is 0.210 e. The fourth-order valence-electron chi connectivity index (χ4n) is 2.36. The van der Waals surface area contributed by atoms with Crippen molar-refractivity contribution in [2.45, 2.75) is 17.8 Å². The van der Waals surface area contributed by atoms with Crippen LogP contribution in [0.2, 0.25) is 0 Å². The van der Waals surface area contributed by atoms with E-state index in [1.54, 1.807) is 19.2 Å². The summed E-state index contributed by atoms with van der Waals surface area (Å²) in [5, 5.41) is 8.72. The van der Waals surface area contributed by atoms with Gasteiger partial charge < -0.3 is 10.6 Å². The number of aryl methyl sites for hydroxylation is 1. The van der Waals surface area contributed by atoms with Crippen LogP contribution >= 0.6 is 11.8 Å². The average Bonchev–Trinajstić information content (AvgIpc) is 2.94. The Labute approximate surface area is 143 Å². The number of thioether (sulfide) groups is 1. The molecule has 2 N–H and O–H groups in total. The van der Waals surface area contributed by atoms with E-state index in [-0.39, 0.29) is 5.82 Å². The van der Waals surface area contributed by atoms with Crippen LogP contribution in [0.5, 0.6) is 5.75 Å². The van der Waals surface area contributed by atoms with Crippen LogP contribution < -0.4 is 10.6 Å². The Balaban J connectivity index is 1.81. The van der Waals surface area contributed by atoms with Crippen molar-refractivity contribution in [3.05, 3.63) is 59.4 Å². The van der Waals surface area contributed by atoms with Crippen molar-refractivity contribution in [3.8, 4) is 17.1 Å². The molecule has 0 aliphatic carbocycles. The average molecular weight is 344 g/mol. The van der Waals surface area contributed by atoms with E-state index in [0.717, 1.165) is 16.9 Å². The lowest BCUT2D eigenvalue weighted by Gasteiger charge is -2.09. The van der Waals surface area contributed by atoms with E-state index >= 15 is 0 Å². The van der Waals surface area contributed by atoms with Crippen LogP contribution in [-0.4, -0.2) is 22.0 Å². The molecule has 24 heavy (non-hydrogen) atoms. The molecule has 0 unspecified atom stereocenters. The van der Waals surface area contributed by atoms with E-state index in [1.807, 2.05) is 19.1 Å². The third-order valence-electron chi connectivity index (χ3n) is 3.54.